The second kappa shape index (κ2) is 3.92. The topological polar surface area (TPSA) is 0 Å². The number of halogens is 2. The summed E-state index contributed by atoms with van der Waals surface area (Å²) in [6.07, 6.45) is 0. The average Bonchev–Trinajstić information content (AvgIpc) is 2.34. The summed E-state index contributed by atoms with van der Waals surface area (Å²) in [5.41, 5.74) is 0. The van der Waals surface area contributed by atoms with E-state index in [1.54, 1.807) is 11.3 Å². The summed E-state index contributed by atoms with van der Waals surface area (Å²) in [7, 11) is 0. The molecule has 1 unspecified atom stereocenters. The Morgan fingerprint density at radius 2 is 2.09 bits per heavy atom. The van der Waals surface area contributed by atoms with Crippen LogP contribution in [0.1, 0.15) is 23.6 Å². The van der Waals surface area contributed by atoms with E-state index < -0.39 is 0 Å². The molecule has 0 aromatic carbocycles. The summed E-state index contributed by atoms with van der Waals surface area (Å²) < 4.78 is 0.866. The fourth-order valence-corrected chi connectivity index (χ4v) is 2.45. The van der Waals surface area contributed by atoms with Crippen LogP contribution in [0.15, 0.2) is 12.1 Å². The molecule has 0 spiro atoms. The highest BCUT2D eigenvalue weighted by Gasteiger charge is 2.13. The van der Waals surface area contributed by atoms with E-state index in [2.05, 4.69) is 35.8 Å². The van der Waals surface area contributed by atoms with E-state index in [0.717, 1.165) is 4.34 Å². The van der Waals surface area contributed by atoms with E-state index in [1.165, 1.54) is 4.88 Å². The minimum atomic E-state index is 0.444. The molecule has 11 heavy (non-hydrogen) atoms. The number of alkyl halides is 1. The molecule has 0 saturated heterocycles. The third-order valence-electron chi connectivity index (χ3n) is 1.45. The van der Waals surface area contributed by atoms with E-state index in [9.17, 15) is 0 Å². The smallest absolute Gasteiger partial charge is 0.0931 e. The first-order chi connectivity index (χ1) is 5.11. The van der Waals surface area contributed by atoms with Gasteiger partial charge in [-0.3, -0.25) is 0 Å². The fourth-order valence-electron chi connectivity index (χ4n) is 0.805. The van der Waals surface area contributed by atoms with Crippen molar-refractivity contribution in [1.82, 2.24) is 0 Å². The molecule has 62 valence electrons. The second-order valence-electron chi connectivity index (χ2n) is 2.79. The zero-order valence-electron chi connectivity index (χ0n) is 6.47. The largest absolute Gasteiger partial charge is 0.127 e. The minimum absolute atomic E-state index is 0.444. The van der Waals surface area contributed by atoms with E-state index in [-0.39, 0.29) is 0 Å². The van der Waals surface area contributed by atoms with Crippen molar-refractivity contribution in [2.24, 2.45) is 5.92 Å². The number of rotatable bonds is 2. The van der Waals surface area contributed by atoms with E-state index >= 15 is 0 Å². The van der Waals surface area contributed by atoms with Crippen molar-refractivity contribution in [3.8, 4) is 0 Å². The molecular formula is C8H10BrClS. The van der Waals surface area contributed by atoms with Crippen molar-refractivity contribution in [2.75, 3.05) is 0 Å². The highest BCUT2D eigenvalue weighted by molar-refractivity contribution is 9.09. The molecule has 1 atom stereocenters. The van der Waals surface area contributed by atoms with Gasteiger partial charge in [0, 0.05) is 4.88 Å². The fraction of sp³-hybridized carbons (Fsp3) is 0.500. The Morgan fingerprint density at radius 1 is 1.45 bits per heavy atom. The van der Waals surface area contributed by atoms with E-state index in [4.69, 9.17) is 11.6 Å². The Morgan fingerprint density at radius 3 is 2.45 bits per heavy atom. The lowest BCUT2D eigenvalue weighted by Crippen LogP contribution is -1.94. The molecule has 1 rings (SSSR count). The van der Waals surface area contributed by atoms with Crippen LogP contribution >= 0.6 is 38.9 Å². The zero-order chi connectivity index (χ0) is 8.43. The normalized spacial score (nSPS) is 13.9. The highest BCUT2D eigenvalue weighted by atomic mass is 79.9. The molecule has 1 aromatic heterocycles. The van der Waals surface area contributed by atoms with Crippen LogP contribution in [0.3, 0.4) is 0 Å². The zero-order valence-corrected chi connectivity index (χ0v) is 9.63. The van der Waals surface area contributed by atoms with Crippen molar-refractivity contribution in [1.29, 1.82) is 0 Å². The van der Waals surface area contributed by atoms with Crippen molar-refractivity contribution in [3.05, 3.63) is 21.3 Å². The first-order valence-corrected chi connectivity index (χ1v) is 5.61. The average molecular weight is 254 g/mol. The van der Waals surface area contributed by atoms with Crippen LogP contribution in [0.25, 0.3) is 0 Å². The molecule has 0 bridgehead atoms. The van der Waals surface area contributed by atoms with Gasteiger partial charge in [0.25, 0.3) is 0 Å². The van der Waals surface area contributed by atoms with Crippen molar-refractivity contribution >= 4 is 38.9 Å². The van der Waals surface area contributed by atoms with Crippen LogP contribution in [0.2, 0.25) is 4.34 Å². The van der Waals surface area contributed by atoms with Crippen LogP contribution in [-0.4, -0.2) is 0 Å². The molecule has 0 amide bonds. The molecule has 1 aromatic rings. The van der Waals surface area contributed by atoms with Crippen molar-refractivity contribution < 1.29 is 0 Å². The predicted molar refractivity (Wildman–Crippen MR) is 55.8 cm³/mol. The molecule has 1 heterocycles. The van der Waals surface area contributed by atoms with Gasteiger partial charge in [-0.2, -0.15) is 0 Å². The molecule has 0 N–H and O–H groups in total. The Balaban J connectivity index is 2.76. The van der Waals surface area contributed by atoms with Gasteiger partial charge in [-0.05, 0) is 18.1 Å². The summed E-state index contributed by atoms with van der Waals surface area (Å²) in [6, 6.07) is 4.02. The summed E-state index contributed by atoms with van der Waals surface area (Å²) in [4.78, 5) is 1.75. The monoisotopic (exact) mass is 252 g/mol. The molecule has 0 aliphatic carbocycles. The lowest BCUT2D eigenvalue weighted by Gasteiger charge is -2.10. The molecular weight excluding hydrogens is 244 g/mol. The van der Waals surface area contributed by atoms with Crippen LogP contribution in [0, 0.1) is 5.92 Å². The third-order valence-corrected chi connectivity index (χ3v) is 4.62. The first-order valence-electron chi connectivity index (χ1n) is 3.50. The molecule has 0 radical (unpaired) electrons. The Hall–Kier alpha value is 0.470. The summed E-state index contributed by atoms with van der Waals surface area (Å²) >= 11 is 11.1. The maximum absolute atomic E-state index is 5.81. The highest BCUT2D eigenvalue weighted by Crippen LogP contribution is 2.36. The quantitative estimate of drug-likeness (QED) is 0.681. The summed E-state index contributed by atoms with van der Waals surface area (Å²) in [6.45, 7) is 4.38. The molecule has 0 aliphatic heterocycles. The van der Waals surface area contributed by atoms with Gasteiger partial charge in [-0.25, -0.2) is 0 Å². The Kier molecular flexibility index (Phi) is 3.41. The second-order valence-corrected chi connectivity index (χ2v) is 5.52. The van der Waals surface area contributed by atoms with Crippen molar-refractivity contribution in [3.63, 3.8) is 0 Å². The molecule has 0 fully saturated rings. The maximum Gasteiger partial charge on any atom is 0.0931 e. The van der Waals surface area contributed by atoms with Crippen LogP contribution < -0.4 is 0 Å². The summed E-state index contributed by atoms with van der Waals surface area (Å²) in [5, 5.41) is 0. The van der Waals surface area contributed by atoms with Gasteiger partial charge in [-0.1, -0.05) is 41.4 Å². The minimum Gasteiger partial charge on any atom is -0.127 e. The Bertz CT molecular complexity index is 232. The molecule has 3 heteroatoms. The first kappa shape index (κ1) is 9.56. The van der Waals surface area contributed by atoms with Gasteiger partial charge >= 0.3 is 0 Å². The van der Waals surface area contributed by atoms with E-state index in [0.29, 0.717) is 10.7 Å². The van der Waals surface area contributed by atoms with E-state index in [1.807, 2.05) is 6.07 Å². The Labute approximate surface area is 84.7 Å². The molecule has 0 nitrogen and oxygen atoms in total. The van der Waals surface area contributed by atoms with Crippen LogP contribution in [-0.2, 0) is 0 Å². The summed E-state index contributed by atoms with van der Waals surface area (Å²) in [5.74, 6) is 0.615. The number of hydrogen-bond acceptors (Lipinski definition) is 1. The maximum atomic E-state index is 5.81. The molecule has 0 aliphatic rings. The van der Waals surface area contributed by atoms with Gasteiger partial charge < -0.3 is 0 Å². The number of hydrogen-bond donors (Lipinski definition) is 0. The standard InChI is InChI=1S/C8H10BrClS/c1-5(2)8(9)6-3-4-7(10)11-6/h3-5,8H,1-2H3. The third kappa shape index (κ3) is 2.46. The van der Waals surface area contributed by atoms with Gasteiger partial charge in [-0.15, -0.1) is 11.3 Å². The predicted octanol–water partition coefficient (Wildman–Crippen LogP) is 4.49. The van der Waals surface area contributed by atoms with Gasteiger partial charge in [0.2, 0.25) is 0 Å². The number of thiophene rings is 1. The van der Waals surface area contributed by atoms with Gasteiger partial charge in [0.15, 0.2) is 0 Å². The SMILES string of the molecule is CC(C)C(Br)c1ccc(Cl)s1. The lowest BCUT2D eigenvalue weighted by atomic mass is 10.1. The van der Waals surface area contributed by atoms with Crippen LogP contribution in [0.4, 0.5) is 0 Å². The van der Waals surface area contributed by atoms with Crippen LogP contribution in [0.5, 0.6) is 0 Å². The van der Waals surface area contributed by atoms with Gasteiger partial charge in [0.1, 0.15) is 0 Å². The van der Waals surface area contributed by atoms with Gasteiger partial charge in [0.05, 0.1) is 9.16 Å². The lowest BCUT2D eigenvalue weighted by molar-refractivity contribution is 0.648. The molecule has 0 saturated carbocycles. The van der Waals surface area contributed by atoms with Crippen molar-refractivity contribution in [2.45, 2.75) is 18.7 Å².